The van der Waals surface area contributed by atoms with Crippen molar-refractivity contribution >= 4 is 10.1 Å². The standard InChI is InChI=1S/C20H26O5S/c1-2-3-4-5-6-7-9-16-14-17(21)12-13-20(16)25-18-10-8-11-19(15-18)26(22,23)24/h8,10-15,21H,2-7,9H2,1H3,(H,22,23,24). The highest BCUT2D eigenvalue weighted by atomic mass is 32.2. The van der Waals surface area contributed by atoms with Gasteiger partial charge in [-0.2, -0.15) is 8.42 Å². The van der Waals surface area contributed by atoms with Crippen molar-refractivity contribution in [2.45, 2.75) is 56.8 Å². The van der Waals surface area contributed by atoms with Crippen molar-refractivity contribution in [3.63, 3.8) is 0 Å². The lowest BCUT2D eigenvalue weighted by Gasteiger charge is -2.12. The SMILES string of the molecule is CCCCCCCCc1cc(O)ccc1Oc1cccc(S(=O)(=O)O)c1. The fourth-order valence-corrected chi connectivity index (χ4v) is 3.30. The van der Waals surface area contributed by atoms with Gasteiger partial charge in [0.15, 0.2) is 0 Å². The number of hydrogen-bond donors (Lipinski definition) is 2. The summed E-state index contributed by atoms with van der Waals surface area (Å²) in [7, 11) is -4.28. The third-order valence-electron chi connectivity index (χ3n) is 4.17. The Labute approximate surface area is 155 Å². The summed E-state index contributed by atoms with van der Waals surface area (Å²) in [5.41, 5.74) is 0.873. The molecule has 0 saturated carbocycles. The van der Waals surface area contributed by atoms with Crippen LogP contribution < -0.4 is 4.74 Å². The van der Waals surface area contributed by atoms with Crippen LogP contribution in [0.1, 0.15) is 51.0 Å². The molecule has 0 fully saturated rings. The summed E-state index contributed by atoms with van der Waals surface area (Å²) in [6, 6.07) is 10.6. The first kappa shape index (κ1) is 20.3. The predicted octanol–water partition coefficient (Wildman–Crippen LogP) is 5.33. The molecule has 2 aromatic carbocycles. The van der Waals surface area contributed by atoms with Gasteiger partial charge in [-0.3, -0.25) is 4.55 Å². The van der Waals surface area contributed by atoms with Crippen molar-refractivity contribution in [3.8, 4) is 17.2 Å². The lowest BCUT2D eigenvalue weighted by molar-refractivity contribution is 0.455. The Morgan fingerprint density at radius 3 is 2.42 bits per heavy atom. The molecule has 0 saturated heterocycles. The zero-order valence-corrected chi connectivity index (χ0v) is 15.8. The first-order chi connectivity index (χ1) is 12.4. The molecule has 6 heteroatoms. The number of rotatable bonds is 10. The molecule has 0 aliphatic rings. The molecule has 5 nitrogen and oxygen atoms in total. The van der Waals surface area contributed by atoms with Gasteiger partial charge < -0.3 is 9.84 Å². The lowest BCUT2D eigenvalue weighted by atomic mass is 10.0. The molecule has 142 valence electrons. The molecule has 0 unspecified atom stereocenters. The van der Waals surface area contributed by atoms with E-state index in [1.165, 1.54) is 49.9 Å². The number of benzene rings is 2. The van der Waals surface area contributed by atoms with Crippen LogP contribution in [0.5, 0.6) is 17.2 Å². The highest BCUT2D eigenvalue weighted by Crippen LogP contribution is 2.30. The minimum Gasteiger partial charge on any atom is -0.508 e. The second-order valence-corrected chi connectivity index (χ2v) is 7.78. The molecule has 2 aromatic rings. The number of aryl methyl sites for hydroxylation is 1. The monoisotopic (exact) mass is 378 g/mol. The van der Waals surface area contributed by atoms with Crippen molar-refractivity contribution in [1.82, 2.24) is 0 Å². The van der Waals surface area contributed by atoms with Crippen LogP contribution in [0.3, 0.4) is 0 Å². The molecule has 2 N–H and O–H groups in total. The van der Waals surface area contributed by atoms with E-state index in [0.29, 0.717) is 11.5 Å². The molecule has 26 heavy (non-hydrogen) atoms. The van der Waals surface area contributed by atoms with E-state index >= 15 is 0 Å². The van der Waals surface area contributed by atoms with E-state index in [4.69, 9.17) is 9.29 Å². The summed E-state index contributed by atoms with van der Waals surface area (Å²) in [5.74, 6) is 1.06. The number of hydrogen-bond acceptors (Lipinski definition) is 4. The van der Waals surface area contributed by atoms with Crippen molar-refractivity contribution in [3.05, 3.63) is 48.0 Å². The molecule has 0 radical (unpaired) electrons. The van der Waals surface area contributed by atoms with Crippen LogP contribution in [0, 0.1) is 0 Å². The van der Waals surface area contributed by atoms with Crippen LogP contribution in [-0.2, 0) is 16.5 Å². The number of unbranched alkanes of at least 4 members (excludes halogenated alkanes) is 5. The number of ether oxygens (including phenoxy) is 1. The molecule has 0 aromatic heterocycles. The van der Waals surface area contributed by atoms with Gasteiger partial charge in [-0.1, -0.05) is 45.1 Å². The average molecular weight is 378 g/mol. The highest BCUT2D eigenvalue weighted by Gasteiger charge is 2.12. The Hall–Kier alpha value is -2.05. The van der Waals surface area contributed by atoms with Crippen molar-refractivity contribution in [2.75, 3.05) is 0 Å². The Morgan fingerprint density at radius 2 is 1.69 bits per heavy atom. The van der Waals surface area contributed by atoms with Crippen molar-refractivity contribution in [1.29, 1.82) is 0 Å². The summed E-state index contributed by atoms with van der Waals surface area (Å²) in [4.78, 5) is -0.216. The third-order valence-corrected chi connectivity index (χ3v) is 5.02. The Kier molecular flexibility index (Phi) is 7.48. The van der Waals surface area contributed by atoms with Crippen LogP contribution in [0.25, 0.3) is 0 Å². The van der Waals surface area contributed by atoms with E-state index in [1.807, 2.05) is 0 Å². The first-order valence-corrected chi connectivity index (χ1v) is 10.4. The molecule has 0 aliphatic carbocycles. The summed E-state index contributed by atoms with van der Waals surface area (Å²) in [6.45, 7) is 2.19. The molecular formula is C20H26O5S. The van der Waals surface area contributed by atoms with Gasteiger partial charge in [0.1, 0.15) is 17.2 Å². The highest BCUT2D eigenvalue weighted by molar-refractivity contribution is 7.85. The van der Waals surface area contributed by atoms with E-state index in [-0.39, 0.29) is 10.6 Å². The molecule has 0 aliphatic heterocycles. The van der Waals surface area contributed by atoms with E-state index < -0.39 is 10.1 Å². The average Bonchev–Trinajstić information content (AvgIpc) is 2.60. The first-order valence-electron chi connectivity index (χ1n) is 8.97. The smallest absolute Gasteiger partial charge is 0.294 e. The normalized spacial score (nSPS) is 11.5. The van der Waals surface area contributed by atoms with Crippen LogP contribution in [0.15, 0.2) is 47.4 Å². The predicted molar refractivity (Wildman–Crippen MR) is 102 cm³/mol. The quantitative estimate of drug-likeness (QED) is 0.431. The summed E-state index contributed by atoms with van der Waals surface area (Å²) < 4.78 is 37.5. The summed E-state index contributed by atoms with van der Waals surface area (Å²) >= 11 is 0. The zero-order chi connectivity index (χ0) is 19.0. The molecule has 0 bridgehead atoms. The topological polar surface area (TPSA) is 83.8 Å². The Morgan fingerprint density at radius 1 is 0.962 bits per heavy atom. The van der Waals surface area contributed by atoms with E-state index in [1.54, 1.807) is 18.2 Å². The maximum atomic E-state index is 11.3. The zero-order valence-electron chi connectivity index (χ0n) is 15.0. The van der Waals surface area contributed by atoms with Gasteiger partial charge in [0.25, 0.3) is 10.1 Å². The molecule has 2 rings (SSSR count). The van der Waals surface area contributed by atoms with Gasteiger partial charge in [0.05, 0.1) is 4.90 Å². The van der Waals surface area contributed by atoms with E-state index in [9.17, 15) is 13.5 Å². The largest absolute Gasteiger partial charge is 0.508 e. The third kappa shape index (κ3) is 6.35. The summed E-state index contributed by atoms with van der Waals surface area (Å²) in [5, 5.41) is 9.76. The molecule has 0 heterocycles. The summed E-state index contributed by atoms with van der Waals surface area (Å²) in [6.07, 6.45) is 7.79. The van der Waals surface area contributed by atoms with Crippen LogP contribution in [-0.4, -0.2) is 18.1 Å². The minimum absolute atomic E-state index is 0.171. The second kappa shape index (κ2) is 9.59. The van der Waals surface area contributed by atoms with Gasteiger partial charge >= 0.3 is 0 Å². The molecular weight excluding hydrogens is 352 g/mol. The minimum atomic E-state index is -4.28. The van der Waals surface area contributed by atoms with E-state index in [2.05, 4.69) is 6.92 Å². The van der Waals surface area contributed by atoms with Crippen LogP contribution in [0.4, 0.5) is 0 Å². The fourth-order valence-electron chi connectivity index (χ4n) is 2.78. The number of aromatic hydroxyl groups is 1. The Balaban J connectivity index is 2.07. The van der Waals surface area contributed by atoms with Gasteiger partial charge in [0, 0.05) is 6.07 Å². The maximum absolute atomic E-state index is 11.3. The van der Waals surface area contributed by atoms with Gasteiger partial charge in [-0.05, 0) is 48.7 Å². The van der Waals surface area contributed by atoms with Gasteiger partial charge in [-0.15, -0.1) is 0 Å². The molecule has 0 amide bonds. The van der Waals surface area contributed by atoms with Gasteiger partial charge in [-0.25, -0.2) is 0 Å². The van der Waals surface area contributed by atoms with E-state index in [0.717, 1.165) is 24.8 Å². The number of phenolic OH excluding ortho intramolecular Hbond substituents is 1. The van der Waals surface area contributed by atoms with Gasteiger partial charge in [0.2, 0.25) is 0 Å². The molecule has 0 atom stereocenters. The van der Waals surface area contributed by atoms with Crippen LogP contribution >= 0.6 is 0 Å². The maximum Gasteiger partial charge on any atom is 0.294 e. The van der Waals surface area contributed by atoms with Crippen molar-refractivity contribution < 1.29 is 22.8 Å². The van der Waals surface area contributed by atoms with Crippen molar-refractivity contribution in [2.24, 2.45) is 0 Å². The molecule has 0 spiro atoms. The Bertz CT molecular complexity index is 815. The second-order valence-electron chi connectivity index (χ2n) is 6.36. The fraction of sp³-hybridized carbons (Fsp3) is 0.400. The number of phenols is 1. The van der Waals surface area contributed by atoms with Crippen LogP contribution in [0.2, 0.25) is 0 Å². The lowest BCUT2D eigenvalue weighted by Crippen LogP contribution is -1.98.